The number of unbranched alkanes of at least 4 members (excludes halogenated alkanes) is 2. The molecule has 2 aliphatic carbocycles. The molecule has 0 spiro atoms. The summed E-state index contributed by atoms with van der Waals surface area (Å²) in [4.78, 5) is 0. The van der Waals surface area contributed by atoms with Gasteiger partial charge in [-0.15, -0.1) is 18.4 Å². The lowest BCUT2D eigenvalue weighted by Gasteiger charge is -2.30. The van der Waals surface area contributed by atoms with Gasteiger partial charge in [-0.2, -0.15) is 0 Å². The molecule has 2 fully saturated rings. The van der Waals surface area contributed by atoms with Gasteiger partial charge in [0.25, 0.3) is 0 Å². The molecule has 28 heavy (non-hydrogen) atoms. The molecule has 0 heterocycles. The summed E-state index contributed by atoms with van der Waals surface area (Å²) in [5.74, 6) is 10.8. The molecule has 2 aliphatic rings. The fourth-order valence-corrected chi connectivity index (χ4v) is 4.64. The van der Waals surface area contributed by atoms with E-state index in [1.165, 1.54) is 69.8 Å². The van der Waals surface area contributed by atoms with E-state index in [2.05, 4.69) is 51.0 Å². The first kappa shape index (κ1) is 23.1. The van der Waals surface area contributed by atoms with Gasteiger partial charge in [0.05, 0.1) is 0 Å². The van der Waals surface area contributed by atoms with E-state index in [9.17, 15) is 0 Å². The van der Waals surface area contributed by atoms with E-state index in [0.29, 0.717) is 17.8 Å². The van der Waals surface area contributed by atoms with Crippen LogP contribution in [0.3, 0.4) is 0 Å². The van der Waals surface area contributed by atoms with Gasteiger partial charge in [0.1, 0.15) is 0 Å². The molecule has 0 aromatic rings. The molecule has 4 atom stereocenters. The first-order valence-corrected chi connectivity index (χ1v) is 12.0. The predicted molar refractivity (Wildman–Crippen MR) is 125 cm³/mol. The van der Waals surface area contributed by atoms with Crippen molar-refractivity contribution < 1.29 is 0 Å². The Morgan fingerprint density at radius 3 is 2.68 bits per heavy atom. The molecule has 0 aromatic heterocycles. The third-order valence-corrected chi connectivity index (χ3v) is 6.71. The number of hydrogen-bond acceptors (Lipinski definition) is 0. The van der Waals surface area contributed by atoms with E-state index in [1.54, 1.807) is 0 Å². The Morgan fingerprint density at radius 1 is 1.11 bits per heavy atom. The van der Waals surface area contributed by atoms with Gasteiger partial charge in [0, 0.05) is 12.8 Å². The minimum absolute atomic E-state index is 0.576. The van der Waals surface area contributed by atoms with Crippen molar-refractivity contribution in [1.82, 2.24) is 0 Å². The van der Waals surface area contributed by atoms with Crippen LogP contribution in [0.5, 0.6) is 0 Å². The highest BCUT2D eigenvalue weighted by molar-refractivity contribution is 5.15. The topological polar surface area (TPSA) is 0 Å². The normalized spacial score (nSPS) is 24.6. The second kappa shape index (κ2) is 13.1. The fraction of sp³-hybridized carbons (Fsp3) is 0.714. The highest BCUT2D eigenvalue weighted by atomic mass is 14.3. The van der Waals surface area contributed by atoms with Crippen molar-refractivity contribution in [3.63, 3.8) is 0 Å². The van der Waals surface area contributed by atoms with Crippen molar-refractivity contribution in [2.45, 2.75) is 97.3 Å². The van der Waals surface area contributed by atoms with E-state index >= 15 is 0 Å². The first-order valence-electron chi connectivity index (χ1n) is 12.0. The molecule has 0 aromatic carbocycles. The van der Waals surface area contributed by atoms with Crippen molar-refractivity contribution in [2.24, 2.45) is 29.6 Å². The molecule has 0 nitrogen and oxygen atoms in total. The van der Waals surface area contributed by atoms with Crippen molar-refractivity contribution in [3.8, 4) is 11.8 Å². The van der Waals surface area contributed by atoms with Crippen LogP contribution in [0, 0.1) is 41.4 Å². The van der Waals surface area contributed by atoms with Crippen LogP contribution in [0.2, 0.25) is 0 Å². The fourth-order valence-electron chi connectivity index (χ4n) is 4.64. The van der Waals surface area contributed by atoms with Crippen LogP contribution in [0.4, 0.5) is 0 Å². The molecule has 0 N–H and O–H groups in total. The summed E-state index contributed by atoms with van der Waals surface area (Å²) in [7, 11) is 0. The Bertz CT molecular complexity index is 550. The molecule has 2 saturated carbocycles. The summed E-state index contributed by atoms with van der Waals surface area (Å²) in [5, 5.41) is 0. The quantitative estimate of drug-likeness (QED) is 0.181. The van der Waals surface area contributed by atoms with Gasteiger partial charge in [0.2, 0.25) is 0 Å². The molecule has 0 aliphatic heterocycles. The average molecular weight is 381 g/mol. The Balaban J connectivity index is 1.72. The van der Waals surface area contributed by atoms with E-state index in [1.807, 2.05) is 6.08 Å². The summed E-state index contributed by atoms with van der Waals surface area (Å²) in [6, 6.07) is 0. The smallest absolute Gasteiger partial charge is 0.0160 e. The van der Waals surface area contributed by atoms with E-state index in [0.717, 1.165) is 31.1 Å². The lowest BCUT2D eigenvalue weighted by atomic mass is 9.74. The van der Waals surface area contributed by atoms with Crippen molar-refractivity contribution in [3.05, 3.63) is 37.0 Å². The van der Waals surface area contributed by atoms with Gasteiger partial charge in [-0.25, -0.2) is 0 Å². The molecular weight excluding hydrogens is 336 g/mol. The Kier molecular flexibility index (Phi) is 10.8. The molecule has 156 valence electrons. The van der Waals surface area contributed by atoms with Crippen molar-refractivity contribution >= 4 is 0 Å². The third-order valence-electron chi connectivity index (χ3n) is 6.71. The summed E-state index contributed by atoms with van der Waals surface area (Å²) < 4.78 is 0. The van der Waals surface area contributed by atoms with Crippen LogP contribution in [-0.4, -0.2) is 0 Å². The van der Waals surface area contributed by atoms with Crippen LogP contribution in [-0.2, 0) is 0 Å². The number of allylic oxidation sites excluding steroid dienone is 4. The van der Waals surface area contributed by atoms with Crippen molar-refractivity contribution in [1.29, 1.82) is 0 Å². The zero-order valence-electron chi connectivity index (χ0n) is 18.7. The van der Waals surface area contributed by atoms with Gasteiger partial charge in [-0.1, -0.05) is 57.1 Å². The Morgan fingerprint density at radius 2 is 1.93 bits per heavy atom. The molecular formula is C28H44. The minimum atomic E-state index is 0.576. The maximum absolute atomic E-state index is 4.39. The Labute approximate surface area is 176 Å². The molecule has 0 amide bonds. The van der Waals surface area contributed by atoms with Crippen LogP contribution >= 0.6 is 0 Å². The Hall–Kier alpha value is -1.22. The molecule has 0 heteroatoms. The number of rotatable bonds is 12. The zero-order valence-corrected chi connectivity index (χ0v) is 18.7. The van der Waals surface area contributed by atoms with E-state index in [4.69, 9.17) is 0 Å². The SMILES string of the molecule is C=CCCCC(C)/C=C/C1CCCC(=C)C1CC#CCCCC(C)CC1CC1. The van der Waals surface area contributed by atoms with E-state index in [-0.39, 0.29) is 0 Å². The average Bonchev–Trinajstić information content (AvgIpc) is 3.48. The predicted octanol–water partition coefficient (Wildman–Crippen LogP) is 8.51. The number of hydrogen-bond donors (Lipinski definition) is 0. The highest BCUT2D eigenvalue weighted by Gasteiger charge is 2.25. The first-order chi connectivity index (χ1) is 13.6. The second-order valence-corrected chi connectivity index (χ2v) is 9.64. The summed E-state index contributed by atoms with van der Waals surface area (Å²) in [6.45, 7) is 13.0. The van der Waals surface area contributed by atoms with Crippen molar-refractivity contribution in [2.75, 3.05) is 0 Å². The standard InChI is InChI=1S/C28H44/c1-5-6-9-13-23(2)18-21-27-16-12-15-25(4)28(27)17-11-8-7-10-14-24(3)22-26-19-20-26/h5,18,21,23-24,26-28H,1,4,6-7,9-10,12-17,19-20,22H2,2-3H3/b21-18+. The maximum atomic E-state index is 4.39. The van der Waals surface area contributed by atoms with E-state index < -0.39 is 0 Å². The van der Waals surface area contributed by atoms with Crippen LogP contribution < -0.4 is 0 Å². The molecule has 4 unspecified atom stereocenters. The van der Waals surface area contributed by atoms with Gasteiger partial charge < -0.3 is 0 Å². The zero-order chi connectivity index (χ0) is 20.2. The summed E-state index contributed by atoms with van der Waals surface area (Å²) in [6.07, 6.45) is 23.6. The van der Waals surface area contributed by atoms with Crippen LogP contribution in [0.25, 0.3) is 0 Å². The molecule has 2 rings (SSSR count). The van der Waals surface area contributed by atoms with Gasteiger partial charge >= 0.3 is 0 Å². The lowest BCUT2D eigenvalue weighted by Crippen LogP contribution is -2.19. The minimum Gasteiger partial charge on any atom is -0.103 e. The molecule has 0 saturated heterocycles. The summed E-state index contributed by atoms with van der Waals surface area (Å²) in [5.41, 5.74) is 1.44. The monoisotopic (exact) mass is 380 g/mol. The van der Waals surface area contributed by atoms with Gasteiger partial charge in [-0.3, -0.25) is 0 Å². The highest BCUT2D eigenvalue weighted by Crippen LogP contribution is 2.37. The van der Waals surface area contributed by atoms with Crippen LogP contribution in [0.15, 0.2) is 37.0 Å². The molecule has 0 radical (unpaired) electrons. The third kappa shape index (κ3) is 9.32. The van der Waals surface area contributed by atoms with Crippen LogP contribution in [0.1, 0.15) is 97.3 Å². The largest absolute Gasteiger partial charge is 0.103 e. The van der Waals surface area contributed by atoms with Gasteiger partial charge in [0.15, 0.2) is 0 Å². The van der Waals surface area contributed by atoms with Gasteiger partial charge in [-0.05, 0) is 87.4 Å². The maximum Gasteiger partial charge on any atom is 0.0160 e. The summed E-state index contributed by atoms with van der Waals surface area (Å²) >= 11 is 0. The molecule has 0 bridgehead atoms. The lowest BCUT2D eigenvalue weighted by molar-refractivity contribution is 0.367. The second-order valence-electron chi connectivity index (χ2n) is 9.64.